The highest BCUT2D eigenvalue weighted by Crippen LogP contribution is 2.46. The van der Waals surface area contributed by atoms with Crippen molar-refractivity contribution in [2.45, 2.75) is 26.8 Å². The minimum atomic E-state index is 0.777. The summed E-state index contributed by atoms with van der Waals surface area (Å²) in [4.78, 5) is 11.7. The average Bonchev–Trinajstić information content (AvgIpc) is 3.31. The standard InChI is InChI=1S/C34H30N4/c1-4-5-18-31-24(2)36-34(38(31)27-14-7-6-8-15-27)25-20-21-32-29(22-25)28-16-10-9-13-26(28)23-37(32)33-19-12-11-17-30(33)35-3/h5-22H,3-4,23H2,1-2H3/b18-5-. The van der Waals surface area contributed by atoms with Crippen LogP contribution in [0.3, 0.4) is 0 Å². The molecule has 0 saturated carbocycles. The predicted molar refractivity (Wildman–Crippen MR) is 160 cm³/mol. The van der Waals surface area contributed by atoms with Gasteiger partial charge in [0.2, 0.25) is 0 Å². The Morgan fingerprint density at radius 1 is 0.868 bits per heavy atom. The highest BCUT2D eigenvalue weighted by atomic mass is 15.2. The van der Waals surface area contributed by atoms with Crippen molar-refractivity contribution >= 4 is 29.9 Å². The van der Waals surface area contributed by atoms with E-state index < -0.39 is 0 Å². The van der Waals surface area contributed by atoms with E-state index >= 15 is 0 Å². The van der Waals surface area contributed by atoms with Gasteiger partial charge >= 0.3 is 0 Å². The van der Waals surface area contributed by atoms with Crippen molar-refractivity contribution in [3.05, 3.63) is 120 Å². The molecular formula is C34H30N4. The number of hydrogen-bond acceptors (Lipinski definition) is 3. The van der Waals surface area contributed by atoms with Crippen LogP contribution in [0.2, 0.25) is 0 Å². The van der Waals surface area contributed by atoms with E-state index in [2.05, 4.69) is 132 Å². The average molecular weight is 495 g/mol. The van der Waals surface area contributed by atoms with Gasteiger partial charge in [-0.25, -0.2) is 4.98 Å². The number of benzene rings is 4. The zero-order valence-corrected chi connectivity index (χ0v) is 21.8. The van der Waals surface area contributed by atoms with Crippen LogP contribution in [0.15, 0.2) is 108 Å². The minimum absolute atomic E-state index is 0.777. The molecule has 0 radical (unpaired) electrons. The van der Waals surface area contributed by atoms with Crippen LogP contribution in [0.5, 0.6) is 0 Å². The molecule has 1 aliphatic heterocycles. The van der Waals surface area contributed by atoms with Crippen LogP contribution in [0.1, 0.15) is 30.3 Å². The Kier molecular flexibility index (Phi) is 6.22. The first-order chi connectivity index (χ1) is 18.7. The van der Waals surface area contributed by atoms with Gasteiger partial charge in [-0.05, 0) is 79.7 Å². The molecule has 0 fully saturated rings. The number of imidazole rings is 1. The van der Waals surface area contributed by atoms with Crippen LogP contribution in [0.25, 0.3) is 34.3 Å². The summed E-state index contributed by atoms with van der Waals surface area (Å²) in [5.74, 6) is 0.940. The molecule has 5 aromatic rings. The first kappa shape index (κ1) is 23.7. The van der Waals surface area contributed by atoms with Gasteiger partial charge in [0.05, 0.1) is 22.8 Å². The molecule has 4 heteroatoms. The fourth-order valence-electron chi connectivity index (χ4n) is 5.34. The van der Waals surface area contributed by atoms with Crippen molar-refractivity contribution in [3.8, 4) is 28.2 Å². The summed E-state index contributed by atoms with van der Waals surface area (Å²) < 4.78 is 2.27. The molecule has 0 N–H and O–H groups in total. The Balaban J connectivity index is 1.57. The number of allylic oxidation sites excluding steroid dienone is 1. The smallest absolute Gasteiger partial charge is 0.145 e. The lowest BCUT2D eigenvalue weighted by Gasteiger charge is -2.34. The Morgan fingerprint density at radius 2 is 1.63 bits per heavy atom. The van der Waals surface area contributed by atoms with Crippen molar-refractivity contribution in [2.75, 3.05) is 4.90 Å². The third-order valence-corrected chi connectivity index (χ3v) is 7.15. The van der Waals surface area contributed by atoms with Crippen LogP contribution >= 0.6 is 0 Å². The summed E-state index contributed by atoms with van der Waals surface area (Å²) in [6, 6.07) is 34.1. The fourth-order valence-corrected chi connectivity index (χ4v) is 5.34. The molecule has 0 aliphatic carbocycles. The molecular weight excluding hydrogens is 464 g/mol. The van der Waals surface area contributed by atoms with Crippen molar-refractivity contribution in [1.82, 2.24) is 9.55 Å². The maximum atomic E-state index is 5.09. The van der Waals surface area contributed by atoms with Crippen molar-refractivity contribution in [2.24, 2.45) is 4.99 Å². The van der Waals surface area contributed by atoms with Crippen molar-refractivity contribution in [1.29, 1.82) is 0 Å². The number of nitrogens with zero attached hydrogens (tertiary/aromatic N) is 4. The van der Waals surface area contributed by atoms with E-state index in [4.69, 9.17) is 4.98 Å². The molecule has 2 heterocycles. The summed E-state index contributed by atoms with van der Waals surface area (Å²) in [5.41, 5.74) is 11.1. The van der Waals surface area contributed by atoms with Gasteiger partial charge in [-0.15, -0.1) is 0 Å². The van der Waals surface area contributed by atoms with Gasteiger partial charge in [0.25, 0.3) is 0 Å². The number of aromatic nitrogens is 2. The largest absolute Gasteiger partial charge is 0.335 e. The zero-order chi connectivity index (χ0) is 26.1. The van der Waals surface area contributed by atoms with E-state index in [1.54, 1.807) is 0 Å². The van der Waals surface area contributed by atoms with Crippen LogP contribution in [-0.4, -0.2) is 16.3 Å². The van der Waals surface area contributed by atoms with Gasteiger partial charge in [0.15, 0.2) is 0 Å². The number of aliphatic imine (C=N–C) groups is 1. The first-order valence-corrected chi connectivity index (χ1v) is 13.1. The second-order valence-corrected chi connectivity index (χ2v) is 9.51. The lowest BCUT2D eigenvalue weighted by molar-refractivity contribution is 0.960. The minimum Gasteiger partial charge on any atom is -0.335 e. The van der Waals surface area contributed by atoms with E-state index in [-0.39, 0.29) is 0 Å². The highest BCUT2D eigenvalue weighted by Gasteiger charge is 2.26. The molecule has 0 saturated heterocycles. The second kappa shape index (κ2) is 9.98. The molecule has 0 bridgehead atoms. The fraction of sp³-hybridized carbons (Fsp3) is 0.118. The van der Waals surface area contributed by atoms with E-state index in [9.17, 15) is 0 Å². The highest BCUT2D eigenvalue weighted by molar-refractivity contribution is 5.91. The molecule has 4 aromatic carbocycles. The van der Waals surface area contributed by atoms with Crippen LogP contribution in [0, 0.1) is 6.92 Å². The Bertz CT molecular complexity index is 1660. The number of rotatable bonds is 6. The maximum absolute atomic E-state index is 5.09. The molecule has 0 amide bonds. The molecule has 1 aromatic heterocycles. The van der Waals surface area contributed by atoms with E-state index in [0.717, 1.165) is 58.5 Å². The summed E-state index contributed by atoms with van der Waals surface area (Å²) >= 11 is 0. The molecule has 6 rings (SSSR count). The SMILES string of the molecule is C=Nc1ccccc1N1Cc2ccccc2-c2cc(-c3nc(C)c(/C=C\CC)n3-c3ccccc3)ccc21. The topological polar surface area (TPSA) is 33.4 Å². The summed E-state index contributed by atoms with van der Waals surface area (Å²) in [5, 5.41) is 0. The molecule has 1 aliphatic rings. The van der Waals surface area contributed by atoms with Crippen LogP contribution in [0.4, 0.5) is 17.1 Å². The van der Waals surface area contributed by atoms with E-state index in [1.165, 1.54) is 16.7 Å². The number of aryl methyl sites for hydroxylation is 1. The summed E-state index contributed by atoms with van der Waals surface area (Å²) in [7, 11) is 0. The van der Waals surface area contributed by atoms with Gasteiger partial charge in [-0.1, -0.05) is 67.6 Å². The maximum Gasteiger partial charge on any atom is 0.145 e. The number of para-hydroxylation sites is 3. The zero-order valence-electron chi connectivity index (χ0n) is 21.8. The second-order valence-electron chi connectivity index (χ2n) is 9.51. The van der Waals surface area contributed by atoms with Gasteiger partial charge in [0, 0.05) is 29.0 Å². The number of hydrogen-bond donors (Lipinski definition) is 0. The Labute approximate surface area is 224 Å². The van der Waals surface area contributed by atoms with Gasteiger partial charge in [-0.3, -0.25) is 9.56 Å². The Morgan fingerprint density at radius 3 is 2.45 bits per heavy atom. The Hall–Kier alpha value is -4.70. The normalized spacial score (nSPS) is 12.4. The molecule has 0 atom stereocenters. The van der Waals surface area contributed by atoms with E-state index in [1.807, 2.05) is 12.1 Å². The van der Waals surface area contributed by atoms with Gasteiger partial charge in [0.1, 0.15) is 5.82 Å². The quantitative estimate of drug-likeness (QED) is 0.221. The molecule has 4 nitrogen and oxygen atoms in total. The molecule has 0 spiro atoms. The molecule has 186 valence electrons. The summed E-state index contributed by atoms with van der Waals surface area (Å²) in [6.07, 6.45) is 5.36. The third-order valence-electron chi connectivity index (χ3n) is 7.15. The lowest BCUT2D eigenvalue weighted by Crippen LogP contribution is -2.21. The predicted octanol–water partition coefficient (Wildman–Crippen LogP) is 8.92. The first-order valence-electron chi connectivity index (χ1n) is 13.1. The van der Waals surface area contributed by atoms with Crippen molar-refractivity contribution in [3.63, 3.8) is 0 Å². The van der Waals surface area contributed by atoms with Crippen molar-refractivity contribution < 1.29 is 0 Å². The number of anilines is 2. The molecule has 0 unspecified atom stereocenters. The third kappa shape index (κ3) is 4.04. The molecule has 38 heavy (non-hydrogen) atoms. The monoisotopic (exact) mass is 494 g/mol. The van der Waals surface area contributed by atoms with Crippen LogP contribution in [-0.2, 0) is 6.54 Å². The lowest BCUT2D eigenvalue weighted by atomic mass is 9.91. The van der Waals surface area contributed by atoms with E-state index in [0.29, 0.717) is 0 Å². The van der Waals surface area contributed by atoms with Gasteiger partial charge in [-0.2, -0.15) is 0 Å². The number of fused-ring (bicyclic) bond motifs is 3. The van der Waals surface area contributed by atoms with Crippen LogP contribution < -0.4 is 4.90 Å². The van der Waals surface area contributed by atoms with Gasteiger partial charge < -0.3 is 4.90 Å². The summed E-state index contributed by atoms with van der Waals surface area (Å²) in [6.45, 7) is 8.84.